The number of nitrogens with two attached hydrogens (primary N) is 1. The Morgan fingerprint density at radius 2 is 1.79 bits per heavy atom. The van der Waals surface area contributed by atoms with E-state index in [2.05, 4.69) is 15.6 Å². The summed E-state index contributed by atoms with van der Waals surface area (Å²) in [6.07, 6.45) is 2.76. The third-order valence-corrected chi connectivity index (χ3v) is 6.80. The monoisotopic (exact) mass is 510 g/mol. The van der Waals surface area contributed by atoms with Gasteiger partial charge in [0.25, 0.3) is 5.91 Å². The van der Waals surface area contributed by atoms with Crippen LogP contribution >= 0.6 is 0 Å². The lowest BCUT2D eigenvalue weighted by Crippen LogP contribution is -2.42. The van der Waals surface area contributed by atoms with Crippen LogP contribution in [0.25, 0.3) is 11.3 Å². The lowest BCUT2D eigenvalue weighted by molar-refractivity contribution is -0.132. The van der Waals surface area contributed by atoms with Gasteiger partial charge in [0.2, 0.25) is 5.91 Å². The molecule has 2 unspecified atom stereocenters. The van der Waals surface area contributed by atoms with Crippen LogP contribution in [-0.4, -0.2) is 51.9 Å². The van der Waals surface area contributed by atoms with Gasteiger partial charge >= 0.3 is 0 Å². The molecule has 0 bridgehead atoms. The van der Waals surface area contributed by atoms with Crippen molar-refractivity contribution in [2.45, 2.75) is 19.0 Å². The molecule has 9 nitrogen and oxygen atoms in total. The summed E-state index contributed by atoms with van der Waals surface area (Å²) in [7, 11) is 1.57. The summed E-state index contributed by atoms with van der Waals surface area (Å²) < 4.78 is 7.00. The summed E-state index contributed by atoms with van der Waals surface area (Å²) in [4.78, 5) is 28.5. The molecule has 0 radical (unpaired) electrons. The zero-order chi connectivity index (χ0) is 26.5. The predicted molar refractivity (Wildman–Crippen MR) is 144 cm³/mol. The summed E-state index contributed by atoms with van der Waals surface area (Å²) in [5, 5.41) is 11.5. The van der Waals surface area contributed by atoms with Gasteiger partial charge in [-0.25, -0.2) is 0 Å². The number of aromatic nitrogens is 3. The second-order valence-corrected chi connectivity index (χ2v) is 9.43. The molecular formula is C29H30N6O3. The standard InChI is InChI=1S/C29H30N6O3/c1-38-25-13-9-23(10-14-25)28(36)31-27(22-5-3-2-4-6-22)29(37)34-16-15-20(17-34)18-35-19-26(32-33-35)21-7-11-24(30)12-8-21/h2-14,19-20,27H,15-18,30H2,1H3,(H,31,36). The van der Waals surface area contributed by atoms with Gasteiger partial charge in [-0.15, -0.1) is 5.10 Å². The van der Waals surface area contributed by atoms with Crippen LogP contribution in [0.4, 0.5) is 5.69 Å². The second-order valence-electron chi connectivity index (χ2n) is 9.43. The molecule has 5 rings (SSSR count). The molecule has 194 valence electrons. The predicted octanol–water partition coefficient (Wildman–Crippen LogP) is 3.56. The highest BCUT2D eigenvalue weighted by Gasteiger charge is 2.33. The van der Waals surface area contributed by atoms with E-state index in [-0.39, 0.29) is 17.7 Å². The Balaban J connectivity index is 1.26. The van der Waals surface area contributed by atoms with Gasteiger partial charge in [0.1, 0.15) is 17.5 Å². The van der Waals surface area contributed by atoms with Crippen molar-refractivity contribution in [1.82, 2.24) is 25.2 Å². The normalized spacial score (nSPS) is 15.7. The molecule has 3 aromatic carbocycles. The highest BCUT2D eigenvalue weighted by atomic mass is 16.5. The number of rotatable bonds is 8. The summed E-state index contributed by atoms with van der Waals surface area (Å²) in [5.41, 5.74) is 9.41. The number of anilines is 1. The van der Waals surface area contributed by atoms with Gasteiger partial charge in [0.15, 0.2) is 0 Å². The van der Waals surface area contributed by atoms with Crippen molar-refractivity contribution < 1.29 is 14.3 Å². The van der Waals surface area contributed by atoms with Crippen molar-refractivity contribution in [2.75, 3.05) is 25.9 Å². The highest BCUT2D eigenvalue weighted by Crippen LogP contribution is 2.25. The van der Waals surface area contributed by atoms with Crippen LogP contribution in [-0.2, 0) is 11.3 Å². The number of hydrogen-bond donors (Lipinski definition) is 2. The van der Waals surface area contributed by atoms with Crippen LogP contribution in [0.5, 0.6) is 5.75 Å². The SMILES string of the molecule is COc1ccc(C(=O)NC(C(=O)N2CCC(Cn3cc(-c4ccc(N)cc4)nn3)C2)c2ccccc2)cc1. The number of methoxy groups -OCH3 is 1. The van der Waals surface area contributed by atoms with E-state index in [4.69, 9.17) is 10.5 Å². The minimum Gasteiger partial charge on any atom is -0.497 e. The van der Waals surface area contributed by atoms with Crippen molar-refractivity contribution in [3.8, 4) is 17.0 Å². The number of nitrogens with one attached hydrogen (secondary N) is 1. The third kappa shape index (κ3) is 5.67. The number of carbonyl (C=O) groups is 2. The Morgan fingerprint density at radius 1 is 1.05 bits per heavy atom. The third-order valence-electron chi connectivity index (χ3n) is 6.80. The Labute approximate surface area is 221 Å². The van der Waals surface area contributed by atoms with Crippen LogP contribution in [0.3, 0.4) is 0 Å². The molecule has 2 atom stereocenters. The highest BCUT2D eigenvalue weighted by molar-refractivity contribution is 5.98. The van der Waals surface area contributed by atoms with Gasteiger partial charge in [0.05, 0.1) is 13.3 Å². The molecule has 1 saturated heterocycles. The number of likely N-dealkylation sites (tertiary alicyclic amines) is 1. The Kier molecular flexibility index (Phi) is 7.35. The van der Waals surface area contributed by atoms with Crippen molar-refractivity contribution >= 4 is 17.5 Å². The minimum atomic E-state index is -0.784. The van der Waals surface area contributed by atoms with Crippen LogP contribution in [0.15, 0.2) is 85.1 Å². The van der Waals surface area contributed by atoms with E-state index >= 15 is 0 Å². The first kappa shape index (κ1) is 25.0. The van der Waals surface area contributed by atoms with Crippen LogP contribution < -0.4 is 15.8 Å². The Morgan fingerprint density at radius 3 is 2.50 bits per heavy atom. The van der Waals surface area contributed by atoms with Crippen molar-refractivity contribution in [3.05, 3.63) is 96.2 Å². The Bertz CT molecular complexity index is 1390. The molecular weight excluding hydrogens is 480 g/mol. The van der Waals surface area contributed by atoms with Gasteiger partial charge in [-0.3, -0.25) is 14.3 Å². The fraction of sp³-hybridized carbons (Fsp3) is 0.241. The molecule has 1 aliphatic heterocycles. The van der Waals surface area contributed by atoms with Gasteiger partial charge < -0.3 is 20.7 Å². The summed E-state index contributed by atoms with van der Waals surface area (Å²) in [5.74, 6) is 0.451. The lowest BCUT2D eigenvalue weighted by Gasteiger charge is -2.25. The Hall–Kier alpha value is -4.66. The molecule has 4 aromatic rings. The van der Waals surface area contributed by atoms with Gasteiger partial charge in [-0.05, 0) is 54.3 Å². The minimum absolute atomic E-state index is 0.123. The fourth-order valence-corrected chi connectivity index (χ4v) is 4.69. The number of ether oxygens (including phenoxy) is 1. The second kappa shape index (κ2) is 11.2. The fourth-order valence-electron chi connectivity index (χ4n) is 4.69. The molecule has 0 spiro atoms. The first-order valence-corrected chi connectivity index (χ1v) is 12.5. The molecule has 0 saturated carbocycles. The molecule has 0 aliphatic carbocycles. The zero-order valence-electron chi connectivity index (χ0n) is 21.2. The number of carbonyl (C=O) groups excluding carboxylic acids is 2. The van der Waals surface area contributed by atoms with Crippen molar-refractivity contribution in [3.63, 3.8) is 0 Å². The summed E-state index contributed by atoms with van der Waals surface area (Å²) >= 11 is 0. The van der Waals surface area contributed by atoms with Gasteiger partial charge in [0, 0.05) is 36.4 Å². The maximum Gasteiger partial charge on any atom is 0.252 e. The largest absolute Gasteiger partial charge is 0.497 e. The van der Waals surface area contributed by atoms with E-state index in [1.165, 1.54) is 0 Å². The summed E-state index contributed by atoms with van der Waals surface area (Å²) in [6, 6.07) is 22.9. The number of nitrogens with zero attached hydrogens (tertiary/aromatic N) is 4. The van der Waals surface area contributed by atoms with Crippen LogP contribution in [0, 0.1) is 5.92 Å². The van der Waals surface area contributed by atoms with Crippen molar-refractivity contribution in [1.29, 1.82) is 0 Å². The van der Waals surface area contributed by atoms with E-state index in [0.29, 0.717) is 36.6 Å². The smallest absolute Gasteiger partial charge is 0.252 e. The topological polar surface area (TPSA) is 115 Å². The lowest BCUT2D eigenvalue weighted by atomic mass is 10.0. The zero-order valence-corrected chi connectivity index (χ0v) is 21.2. The van der Waals surface area contributed by atoms with Gasteiger partial charge in [-0.2, -0.15) is 0 Å². The maximum atomic E-state index is 13.7. The van der Waals surface area contributed by atoms with E-state index in [1.54, 1.807) is 31.4 Å². The maximum absolute atomic E-state index is 13.7. The number of benzene rings is 3. The molecule has 38 heavy (non-hydrogen) atoms. The summed E-state index contributed by atoms with van der Waals surface area (Å²) in [6.45, 7) is 1.85. The number of nitrogen functional groups attached to an aromatic ring is 1. The quantitative estimate of drug-likeness (QED) is 0.350. The molecule has 1 aromatic heterocycles. The first-order valence-electron chi connectivity index (χ1n) is 12.5. The van der Waals surface area contributed by atoms with Crippen LogP contribution in [0.2, 0.25) is 0 Å². The molecule has 2 amide bonds. The molecule has 1 fully saturated rings. The first-order chi connectivity index (χ1) is 18.5. The molecule has 1 aliphatic rings. The van der Waals surface area contributed by atoms with Crippen molar-refractivity contribution in [2.24, 2.45) is 5.92 Å². The van der Waals surface area contributed by atoms with Gasteiger partial charge in [-0.1, -0.05) is 47.7 Å². The van der Waals surface area contributed by atoms with E-state index < -0.39 is 6.04 Å². The molecule has 2 heterocycles. The number of hydrogen-bond acceptors (Lipinski definition) is 6. The molecule has 3 N–H and O–H groups in total. The van der Waals surface area contributed by atoms with E-state index in [1.807, 2.05) is 70.4 Å². The van der Waals surface area contributed by atoms with E-state index in [9.17, 15) is 9.59 Å². The number of amides is 2. The van der Waals surface area contributed by atoms with Crippen LogP contribution in [0.1, 0.15) is 28.4 Å². The molecule has 9 heteroatoms. The average molecular weight is 511 g/mol. The van der Waals surface area contributed by atoms with E-state index in [0.717, 1.165) is 23.2 Å². The average Bonchev–Trinajstić information content (AvgIpc) is 3.62.